The summed E-state index contributed by atoms with van der Waals surface area (Å²) in [5.74, 6) is -0.487. The van der Waals surface area contributed by atoms with Gasteiger partial charge in [-0.15, -0.1) is 0 Å². The molecule has 0 saturated heterocycles. The van der Waals surface area contributed by atoms with Crippen LogP contribution in [0.15, 0.2) is 58.7 Å². The van der Waals surface area contributed by atoms with E-state index in [2.05, 4.69) is 52.8 Å². The highest BCUT2D eigenvalue weighted by Crippen LogP contribution is 2.33. The number of aromatic hydroxyl groups is 3. The van der Waals surface area contributed by atoms with Crippen molar-refractivity contribution in [2.24, 2.45) is 0 Å². The van der Waals surface area contributed by atoms with Crippen molar-refractivity contribution in [3.8, 4) is 17.2 Å². The number of hydrogen-bond donors (Lipinski definition) is 3. The topological polar surface area (TPSA) is 60.7 Å². The second-order valence-electron chi connectivity index (χ2n) is 8.23. The molecule has 1 aromatic rings. The molecule has 0 bridgehead atoms. The van der Waals surface area contributed by atoms with E-state index in [9.17, 15) is 15.3 Å². The van der Waals surface area contributed by atoms with Crippen molar-refractivity contribution in [2.75, 3.05) is 0 Å². The van der Waals surface area contributed by atoms with Crippen molar-refractivity contribution in [1.82, 2.24) is 0 Å². The van der Waals surface area contributed by atoms with Gasteiger partial charge in [0.2, 0.25) is 0 Å². The van der Waals surface area contributed by atoms with E-state index in [1.807, 2.05) is 6.08 Å². The molecule has 0 heterocycles. The number of phenols is 3. The van der Waals surface area contributed by atoms with Crippen molar-refractivity contribution in [1.29, 1.82) is 0 Å². The molecule has 0 atom stereocenters. The molecule has 3 nitrogen and oxygen atoms in total. The molecule has 1 rings (SSSR count). The van der Waals surface area contributed by atoms with Gasteiger partial charge in [-0.25, -0.2) is 0 Å². The second-order valence-corrected chi connectivity index (χ2v) is 8.23. The molecule has 0 spiro atoms. The average Bonchev–Trinajstić information content (AvgIpc) is 2.63. The summed E-state index contributed by atoms with van der Waals surface area (Å²) in [6.07, 6.45) is 15.9. The van der Waals surface area contributed by atoms with E-state index in [1.165, 1.54) is 28.4 Å². The summed E-state index contributed by atoms with van der Waals surface area (Å²) < 4.78 is 0. The molecule has 0 fully saturated rings. The molecule has 3 N–H and O–H groups in total. The minimum absolute atomic E-state index is 0.0406. The van der Waals surface area contributed by atoms with Crippen molar-refractivity contribution < 1.29 is 15.3 Å². The van der Waals surface area contributed by atoms with Gasteiger partial charge < -0.3 is 15.3 Å². The van der Waals surface area contributed by atoms with E-state index in [0.29, 0.717) is 12.0 Å². The Morgan fingerprint density at radius 2 is 1.17 bits per heavy atom. The minimum Gasteiger partial charge on any atom is -0.508 e. The van der Waals surface area contributed by atoms with E-state index < -0.39 is 0 Å². The van der Waals surface area contributed by atoms with Crippen LogP contribution in [0.3, 0.4) is 0 Å². The molecule has 0 radical (unpaired) electrons. The quantitative estimate of drug-likeness (QED) is 0.156. The van der Waals surface area contributed by atoms with Crippen LogP contribution in [0.5, 0.6) is 17.2 Å². The van der Waals surface area contributed by atoms with Gasteiger partial charge in [0.1, 0.15) is 5.75 Å². The van der Waals surface area contributed by atoms with E-state index in [4.69, 9.17) is 0 Å². The van der Waals surface area contributed by atoms with Crippen molar-refractivity contribution in [3.05, 3.63) is 64.3 Å². The molecule has 0 aromatic heterocycles. The van der Waals surface area contributed by atoms with Gasteiger partial charge in [0.05, 0.1) is 0 Å². The fourth-order valence-corrected chi connectivity index (χ4v) is 3.09. The van der Waals surface area contributed by atoms with E-state index in [0.717, 1.165) is 44.6 Å². The predicted octanol–water partition coefficient (Wildman–Crippen LogP) is 7.49. The van der Waals surface area contributed by atoms with Crippen LogP contribution in [0.4, 0.5) is 0 Å². The highest BCUT2D eigenvalue weighted by atomic mass is 16.3. The van der Waals surface area contributed by atoms with Crippen LogP contribution in [-0.4, -0.2) is 15.3 Å². The lowest BCUT2D eigenvalue weighted by atomic mass is 10.0. The molecule has 29 heavy (non-hydrogen) atoms. The number of allylic oxidation sites excluding steroid dienone is 8. The summed E-state index contributed by atoms with van der Waals surface area (Å²) in [6, 6.07) is 2.63. The summed E-state index contributed by atoms with van der Waals surface area (Å²) >= 11 is 0. The zero-order valence-electron chi connectivity index (χ0n) is 18.8. The highest BCUT2D eigenvalue weighted by molar-refractivity contribution is 5.50. The van der Waals surface area contributed by atoms with Gasteiger partial charge in [-0.05, 0) is 85.6 Å². The van der Waals surface area contributed by atoms with Crippen LogP contribution in [0.2, 0.25) is 0 Å². The molecule has 0 amide bonds. The molecule has 160 valence electrons. The number of rotatable bonds is 11. The molecule has 0 unspecified atom stereocenters. The Kier molecular flexibility index (Phi) is 11.0. The number of phenolic OH excluding ortho intramolecular Hbond substituents is 3. The Hall–Kier alpha value is -2.42. The Balaban J connectivity index is 2.40. The maximum absolute atomic E-state index is 9.87. The normalized spacial score (nSPS) is 12.9. The SMILES string of the molecule is CC(C)=CCC/C(C)=C/CC/C(C)=C/CC/C(C)=C/[13CH2]c1cc(O)cc(O)c1O. The first kappa shape index (κ1) is 24.6. The van der Waals surface area contributed by atoms with Gasteiger partial charge in [0.15, 0.2) is 11.5 Å². The smallest absolute Gasteiger partial charge is 0.161 e. The Morgan fingerprint density at radius 1 is 0.690 bits per heavy atom. The van der Waals surface area contributed by atoms with Crippen molar-refractivity contribution >= 4 is 0 Å². The Bertz CT molecular complexity index is 775. The molecule has 0 aliphatic carbocycles. The lowest BCUT2D eigenvalue weighted by Gasteiger charge is -2.06. The second kappa shape index (κ2) is 12.9. The fraction of sp³-hybridized carbons (Fsp3) is 0.462. The van der Waals surface area contributed by atoms with Crippen LogP contribution in [-0.2, 0) is 6.42 Å². The van der Waals surface area contributed by atoms with Gasteiger partial charge in [0, 0.05) is 11.6 Å². The first-order chi connectivity index (χ1) is 13.7. The average molecular weight is 400 g/mol. The predicted molar refractivity (Wildman–Crippen MR) is 124 cm³/mol. The zero-order valence-corrected chi connectivity index (χ0v) is 18.8. The van der Waals surface area contributed by atoms with E-state index >= 15 is 0 Å². The molecular formula is C26H38O3. The van der Waals surface area contributed by atoms with E-state index in [1.54, 1.807) is 0 Å². The number of benzene rings is 1. The third-order valence-corrected chi connectivity index (χ3v) is 4.98. The number of hydrogen-bond acceptors (Lipinski definition) is 3. The maximum atomic E-state index is 9.87. The first-order valence-corrected chi connectivity index (χ1v) is 10.5. The van der Waals surface area contributed by atoms with Gasteiger partial charge in [0.25, 0.3) is 0 Å². The van der Waals surface area contributed by atoms with E-state index in [-0.39, 0.29) is 17.2 Å². The summed E-state index contributed by atoms with van der Waals surface area (Å²) in [6.45, 7) is 10.8. The lowest BCUT2D eigenvalue weighted by molar-refractivity contribution is 0.393. The standard InChI is InChI=1S/C26H38O3/c1-19(2)9-6-10-20(3)11-7-12-21(4)13-8-14-22(5)15-16-23-17-24(27)18-25(28)26(23)29/h9,11,13,15,17-18,27-29H,6-8,10,12,14,16H2,1-5H3/b20-11+,21-13+,22-15+/i16+1. The Morgan fingerprint density at radius 3 is 1.69 bits per heavy atom. The summed E-state index contributed by atoms with van der Waals surface area (Å²) in [5.41, 5.74) is 6.03. The van der Waals surface area contributed by atoms with Gasteiger partial charge in [-0.1, -0.05) is 46.6 Å². The molecule has 0 aliphatic heterocycles. The van der Waals surface area contributed by atoms with Crippen LogP contribution in [0.1, 0.15) is 78.7 Å². The highest BCUT2D eigenvalue weighted by Gasteiger charge is 2.07. The van der Waals surface area contributed by atoms with Gasteiger partial charge >= 0.3 is 0 Å². The first-order valence-electron chi connectivity index (χ1n) is 10.5. The molecule has 1 aromatic carbocycles. The van der Waals surface area contributed by atoms with Crippen LogP contribution < -0.4 is 0 Å². The monoisotopic (exact) mass is 399 g/mol. The third kappa shape index (κ3) is 10.6. The zero-order chi connectivity index (χ0) is 21.8. The lowest BCUT2D eigenvalue weighted by Crippen LogP contribution is -1.86. The molecular weight excluding hydrogens is 361 g/mol. The Labute approximate surface area is 176 Å². The largest absolute Gasteiger partial charge is 0.508 e. The minimum atomic E-state index is -0.286. The maximum Gasteiger partial charge on any atom is 0.161 e. The summed E-state index contributed by atoms with van der Waals surface area (Å²) in [7, 11) is 0. The summed E-state index contributed by atoms with van der Waals surface area (Å²) in [4.78, 5) is 0. The van der Waals surface area contributed by atoms with Crippen molar-refractivity contribution in [3.63, 3.8) is 0 Å². The molecule has 0 saturated carbocycles. The van der Waals surface area contributed by atoms with Crippen LogP contribution in [0.25, 0.3) is 0 Å². The third-order valence-electron chi connectivity index (χ3n) is 4.98. The molecule has 3 heteroatoms. The molecule has 0 aliphatic rings. The fourth-order valence-electron chi connectivity index (χ4n) is 3.09. The van der Waals surface area contributed by atoms with Crippen LogP contribution in [0, 0.1) is 0 Å². The van der Waals surface area contributed by atoms with Crippen LogP contribution >= 0.6 is 0 Å². The summed E-state index contributed by atoms with van der Waals surface area (Å²) in [5, 5.41) is 29.0. The van der Waals surface area contributed by atoms with Gasteiger partial charge in [-0.2, -0.15) is 0 Å². The van der Waals surface area contributed by atoms with Gasteiger partial charge in [-0.3, -0.25) is 0 Å². The van der Waals surface area contributed by atoms with Crippen molar-refractivity contribution in [2.45, 2.75) is 79.6 Å².